The summed E-state index contributed by atoms with van der Waals surface area (Å²) < 4.78 is 11.6. The fraction of sp³-hybridized carbons (Fsp3) is 0.286. The third-order valence-corrected chi connectivity index (χ3v) is 4.73. The number of fused-ring (bicyclic) bond motifs is 2. The second-order valence-electron chi connectivity index (χ2n) is 6.76. The second kappa shape index (κ2) is 7.34. The lowest BCUT2D eigenvalue weighted by molar-refractivity contribution is 0.0946. The van der Waals surface area contributed by atoms with E-state index in [1.165, 1.54) is 0 Å². The van der Waals surface area contributed by atoms with Crippen LogP contribution in [-0.4, -0.2) is 28.8 Å². The lowest BCUT2D eigenvalue weighted by Gasteiger charge is -2.13. The average Bonchev–Trinajstić information content (AvgIpc) is 3.05. The van der Waals surface area contributed by atoms with Gasteiger partial charge in [-0.2, -0.15) is 5.10 Å². The topological polar surface area (TPSA) is 93.3 Å². The molecule has 7 nitrogen and oxygen atoms in total. The number of rotatable bonds is 5. The Morgan fingerprint density at radius 2 is 2.11 bits per heavy atom. The summed E-state index contributed by atoms with van der Waals surface area (Å²) >= 11 is 0. The van der Waals surface area contributed by atoms with Gasteiger partial charge in [-0.05, 0) is 32.0 Å². The molecule has 7 heteroatoms. The first-order valence-corrected chi connectivity index (χ1v) is 9.27. The van der Waals surface area contributed by atoms with Crippen molar-refractivity contribution in [2.75, 3.05) is 6.61 Å². The van der Waals surface area contributed by atoms with Gasteiger partial charge in [0.15, 0.2) is 5.69 Å². The van der Waals surface area contributed by atoms with Crippen molar-refractivity contribution in [3.8, 4) is 11.5 Å². The largest absolute Gasteiger partial charge is 0.494 e. The quantitative estimate of drug-likeness (QED) is 0.711. The lowest BCUT2D eigenvalue weighted by Crippen LogP contribution is -2.26. The number of aromatic nitrogens is 2. The molecule has 3 aromatic rings. The van der Waals surface area contributed by atoms with E-state index in [0.717, 1.165) is 29.0 Å². The Morgan fingerprint density at radius 3 is 2.89 bits per heavy atom. The minimum absolute atomic E-state index is 0.131. The van der Waals surface area contributed by atoms with Gasteiger partial charge in [-0.15, -0.1) is 0 Å². The Morgan fingerprint density at radius 1 is 1.32 bits per heavy atom. The van der Waals surface area contributed by atoms with E-state index in [4.69, 9.17) is 9.47 Å². The van der Waals surface area contributed by atoms with Crippen LogP contribution in [0.1, 0.15) is 35.5 Å². The second-order valence-corrected chi connectivity index (χ2v) is 6.76. The van der Waals surface area contributed by atoms with Gasteiger partial charge in [0.25, 0.3) is 11.5 Å². The zero-order valence-electron chi connectivity index (χ0n) is 15.7. The third-order valence-electron chi connectivity index (χ3n) is 4.73. The number of hydrogen-bond donors (Lipinski definition) is 2. The SMILES string of the molecule is CCOc1cc2c(cc1CNC(=O)c1n[nH]c(=O)c3ccccc13)O[C@@H](C)C2. The molecule has 2 aromatic carbocycles. The summed E-state index contributed by atoms with van der Waals surface area (Å²) in [6.07, 6.45) is 0.973. The molecule has 2 N–H and O–H groups in total. The summed E-state index contributed by atoms with van der Waals surface area (Å²) in [6, 6.07) is 10.8. The molecule has 0 radical (unpaired) electrons. The fourth-order valence-electron chi connectivity index (χ4n) is 3.46. The highest BCUT2D eigenvalue weighted by atomic mass is 16.5. The molecule has 4 rings (SSSR count). The first kappa shape index (κ1) is 18.0. The van der Waals surface area contributed by atoms with Crippen molar-refractivity contribution in [3.05, 3.63) is 63.6 Å². The van der Waals surface area contributed by atoms with Gasteiger partial charge in [0.1, 0.15) is 17.6 Å². The van der Waals surface area contributed by atoms with Crippen LogP contribution >= 0.6 is 0 Å². The summed E-state index contributed by atoms with van der Waals surface area (Å²) in [5, 5.41) is 10.1. The minimum Gasteiger partial charge on any atom is -0.494 e. The maximum absolute atomic E-state index is 12.7. The maximum Gasteiger partial charge on any atom is 0.272 e. The van der Waals surface area contributed by atoms with E-state index >= 15 is 0 Å². The Bertz CT molecular complexity index is 1110. The van der Waals surface area contributed by atoms with Crippen LogP contribution in [0.2, 0.25) is 0 Å². The fourth-order valence-corrected chi connectivity index (χ4v) is 3.46. The normalized spacial score (nSPS) is 15.1. The number of carbonyl (C=O) groups excluding carboxylic acids is 1. The van der Waals surface area contributed by atoms with E-state index in [1.807, 2.05) is 26.0 Å². The summed E-state index contributed by atoms with van der Waals surface area (Å²) in [5.74, 6) is 1.19. The Labute approximate surface area is 161 Å². The van der Waals surface area contributed by atoms with Crippen LogP contribution in [0, 0.1) is 0 Å². The molecule has 0 saturated heterocycles. The highest BCUT2D eigenvalue weighted by molar-refractivity contribution is 6.04. The zero-order valence-corrected chi connectivity index (χ0v) is 15.7. The summed E-state index contributed by atoms with van der Waals surface area (Å²) in [5.41, 5.74) is 1.80. The van der Waals surface area contributed by atoms with Crippen LogP contribution in [-0.2, 0) is 13.0 Å². The molecule has 144 valence electrons. The van der Waals surface area contributed by atoms with E-state index < -0.39 is 0 Å². The van der Waals surface area contributed by atoms with Gasteiger partial charge in [-0.3, -0.25) is 9.59 Å². The van der Waals surface area contributed by atoms with E-state index in [2.05, 4.69) is 15.5 Å². The number of nitrogens with zero attached hydrogens (tertiary/aromatic N) is 1. The number of ether oxygens (including phenoxy) is 2. The number of benzene rings is 2. The highest BCUT2D eigenvalue weighted by Crippen LogP contribution is 2.35. The third kappa shape index (κ3) is 3.31. The van der Waals surface area contributed by atoms with E-state index in [0.29, 0.717) is 17.4 Å². The van der Waals surface area contributed by atoms with Crippen LogP contribution < -0.4 is 20.3 Å². The first-order chi connectivity index (χ1) is 13.6. The standard InChI is InChI=1S/C21H21N3O4/c1-3-27-17-9-13-8-12(2)28-18(13)10-14(17)11-22-21(26)19-15-6-4-5-7-16(15)20(25)24-23-19/h4-7,9-10,12H,3,8,11H2,1-2H3,(H,22,26)(H,24,25)/t12-/m0/s1. The van der Waals surface area contributed by atoms with Crippen molar-refractivity contribution >= 4 is 16.7 Å². The zero-order chi connectivity index (χ0) is 19.7. The number of hydrogen-bond acceptors (Lipinski definition) is 5. The molecule has 0 fully saturated rings. The van der Waals surface area contributed by atoms with Crippen molar-refractivity contribution < 1.29 is 14.3 Å². The van der Waals surface area contributed by atoms with Gasteiger partial charge >= 0.3 is 0 Å². The molecule has 2 heterocycles. The van der Waals surface area contributed by atoms with Gasteiger partial charge in [0.2, 0.25) is 0 Å². The molecule has 0 aliphatic carbocycles. The van der Waals surface area contributed by atoms with Crippen LogP contribution in [0.25, 0.3) is 10.8 Å². The number of aromatic amines is 1. The van der Waals surface area contributed by atoms with E-state index in [9.17, 15) is 9.59 Å². The lowest BCUT2D eigenvalue weighted by atomic mass is 10.1. The molecular formula is C21H21N3O4. The summed E-state index contributed by atoms with van der Waals surface area (Å²) in [6.45, 7) is 4.73. The minimum atomic E-state index is -0.371. The highest BCUT2D eigenvalue weighted by Gasteiger charge is 2.22. The van der Waals surface area contributed by atoms with Crippen LogP contribution in [0.5, 0.6) is 11.5 Å². The predicted octanol–water partition coefficient (Wildman–Crippen LogP) is 2.58. The molecule has 0 bridgehead atoms. The van der Waals surface area contributed by atoms with Crippen molar-refractivity contribution in [3.63, 3.8) is 0 Å². The molecule has 1 amide bonds. The molecule has 1 aromatic heterocycles. The molecule has 28 heavy (non-hydrogen) atoms. The Hall–Kier alpha value is -3.35. The van der Waals surface area contributed by atoms with Gasteiger partial charge < -0.3 is 14.8 Å². The molecule has 0 spiro atoms. The van der Waals surface area contributed by atoms with E-state index in [-0.39, 0.29) is 29.8 Å². The average molecular weight is 379 g/mol. The maximum atomic E-state index is 12.7. The number of amides is 1. The van der Waals surface area contributed by atoms with E-state index in [1.54, 1.807) is 24.3 Å². The Kier molecular flexibility index (Phi) is 4.73. The smallest absolute Gasteiger partial charge is 0.272 e. The van der Waals surface area contributed by atoms with Crippen LogP contribution in [0.4, 0.5) is 0 Å². The van der Waals surface area contributed by atoms with Gasteiger partial charge in [-0.1, -0.05) is 18.2 Å². The van der Waals surface area contributed by atoms with Crippen molar-refractivity contribution in [1.29, 1.82) is 0 Å². The van der Waals surface area contributed by atoms with Crippen LogP contribution in [0.15, 0.2) is 41.2 Å². The van der Waals surface area contributed by atoms with Gasteiger partial charge in [0.05, 0.1) is 12.0 Å². The molecule has 1 aliphatic heterocycles. The molecule has 1 atom stereocenters. The molecule has 0 saturated carbocycles. The number of nitrogens with one attached hydrogen (secondary N) is 2. The first-order valence-electron chi connectivity index (χ1n) is 9.27. The van der Waals surface area contributed by atoms with Gasteiger partial charge in [0, 0.05) is 29.5 Å². The van der Waals surface area contributed by atoms with Crippen molar-refractivity contribution in [1.82, 2.24) is 15.5 Å². The summed E-state index contributed by atoms with van der Waals surface area (Å²) in [4.78, 5) is 24.6. The molecular weight excluding hydrogens is 358 g/mol. The van der Waals surface area contributed by atoms with Gasteiger partial charge in [-0.25, -0.2) is 5.10 Å². The predicted molar refractivity (Wildman–Crippen MR) is 105 cm³/mol. The number of H-pyrrole nitrogens is 1. The van der Waals surface area contributed by atoms with Crippen molar-refractivity contribution in [2.45, 2.75) is 32.9 Å². The van der Waals surface area contributed by atoms with Crippen molar-refractivity contribution in [2.24, 2.45) is 0 Å². The molecule has 0 unspecified atom stereocenters. The molecule has 1 aliphatic rings. The monoisotopic (exact) mass is 379 g/mol. The number of carbonyl (C=O) groups is 1. The summed E-state index contributed by atoms with van der Waals surface area (Å²) in [7, 11) is 0. The van der Waals surface area contributed by atoms with Crippen LogP contribution in [0.3, 0.4) is 0 Å². The Balaban J connectivity index is 1.60.